The van der Waals surface area contributed by atoms with Crippen molar-refractivity contribution in [2.45, 2.75) is 140 Å². The van der Waals surface area contributed by atoms with E-state index in [0.29, 0.717) is 18.5 Å². The van der Waals surface area contributed by atoms with E-state index < -0.39 is 11.1 Å². The first-order valence-electron chi connectivity index (χ1n) is 15.9. The zero-order valence-electron chi connectivity index (χ0n) is 26.0. The molecule has 0 rings (SSSR count). The van der Waals surface area contributed by atoms with Crippen molar-refractivity contribution in [2.24, 2.45) is 0 Å². The second-order valence-corrected chi connectivity index (χ2v) is 12.9. The van der Waals surface area contributed by atoms with Gasteiger partial charge in [-0.05, 0) is 41.6 Å². The summed E-state index contributed by atoms with van der Waals surface area (Å²) >= 11 is 3.30. The van der Waals surface area contributed by atoms with Crippen LogP contribution in [0.4, 0.5) is 4.79 Å². The Bertz CT molecular complexity index is 622. The molecule has 1 amide bonds. The Morgan fingerprint density at radius 3 is 1.69 bits per heavy atom. The van der Waals surface area contributed by atoms with Gasteiger partial charge in [-0.25, -0.2) is 4.79 Å². The molecule has 0 aliphatic carbocycles. The number of amides is 1. The SMILES string of the molecule is C=C(COC(=O)CCCCC[N+](C)(C)C)C(Br)OC(=O)NCCCCCCCCCCCCCCCCCC. The molecule has 0 saturated carbocycles. The molecule has 1 N–H and O–H groups in total. The lowest BCUT2D eigenvalue weighted by molar-refractivity contribution is -0.870. The molecule has 0 fully saturated rings. The minimum atomic E-state index is -0.680. The summed E-state index contributed by atoms with van der Waals surface area (Å²) in [5.41, 5.74) is 0.506. The second-order valence-electron chi connectivity index (χ2n) is 12.1. The minimum absolute atomic E-state index is 0.0417. The fourth-order valence-corrected chi connectivity index (χ4v) is 4.73. The molecule has 0 aliphatic rings. The third-order valence-electron chi connectivity index (χ3n) is 6.96. The van der Waals surface area contributed by atoms with Gasteiger partial charge in [0.15, 0.2) is 5.01 Å². The van der Waals surface area contributed by atoms with Gasteiger partial charge in [-0.15, -0.1) is 0 Å². The van der Waals surface area contributed by atoms with Crippen LogP contribution in [-0.4, -0.2) is 62.4 Å². The van der Waals surface area contributed by atoms with E-state index in [2.05, 4.69) is 55.9 Å². The van der Waals surface area contributed by atoms with Crippen molar-refractivity contribution in [1.82, 2.24) is 5.32 Å². The van der Waals surface area contributed by atoms with Crippen molar-refractivity contribution in [2.75, 3.05) is 40.8 Å². The van der Waals surface area contributed by atoms with Gasteiger partial charge in [-0.2, -0.15) is 0 Å². The normalized spacial score (nSPS) is 12.2. The fraction of sp³-hybridized carbons (Fsp3) is 0.875. The van der Waals surface area contributed by atoms with Crippen molar-refractivity contribution in [3.8, 4) is 0 Å². The molecule has 0 saturated heterocycles. The van der Waals surface area contributed by atoms with Crippen LogP contribution in [0.25, 0.3) is 0 Å². The van der Waals surface area contributed by atoms with Crippen LogP contribution >= 0.6 is 15.9 Å². The number of hydrogen-bond acceptors (Lipinski definition) is 4. The predicted octanol–water partition coefficient (Wildman–Crippen LogP) is 9.06. The molecule has 7 heteroatoms. The van der Waals surface area contributed by atoms with Gasteiger partial charge in [-0.1, -0.05) is 110 Å². The Morgan fingerprint density at radius 2 is 1.21 bits per heavy atom. The van der Waals surface area contributed by atoms with Crippen molar-refractivity contribution >= 4 is 28.0 Å². The monoisotopic (exact) mass is 617 g/mol. The summed E-state index contributed by atoms with van der Waals surface area (Å²) in [6.45, 7) is 7.88. The number of alkyl halides is 1. The lowest BCUT2D eigenvalue weighted by Crippen LogP contribution is -2.35. The average Bonchev–Trinajstić information content (AvgIpc) is 2.88. The number of unbranched alkanes of at least 4 members (excludes halogenated alkanes) is 17. The third-order valence-corrected chi connectivity index (χ3v) is 7.79. The molecule has 1 atom stereocenters. The summed E-state index contributed by atoms with van der Waals surface area (Å²) in [5.74, 6) is -0.242. The Morgan fingerprint density at radius 1 is 0.744 bits per heavy atom. The maximum Gasteiger partial charge on any atom is 0.408 e. The molecule has 0 aromatic heterocycles. The molecule has 230 valence electrons. The highest BCUT2D eigenvalue weighted by molar-refractivity contribution is 9.09. The summed E-state index contributed by atoms with van der Waals surface area (Å²) in [6, 6.07) is 0. The van der Waals surface area contributed by atoms with Crippen molar-refractivity contribution in [1.29, 1.82) is 0 Å². The largest absolute Gasteiger partial charge is 0.461 e. The first kappa shape index (κ1) is 37.9. The number of carbonyl (C=O) groups excluding carboxylic acids is 2. The highest BCUT2D eigenvalue weighted by atomic mass is 79.9. The molecular formula is C32H62BrN2O4+. The highest BCUT2D eigenvalue weighted by Gasteiger charge is 2.16. The number of esters is 1. The molecule has 1 unspecified atom stereocenters. The Kier molecular flexibility index (Phi) is 25.1. The molecule has 0 aromatic rings. The summed E-state index contributed by atoms with van der Waals surface area (Å²) < 4.78 is 11.5. The Hall–Kier alpha value is -1.08. The van der Waals surface area contributed by atoms with Gasteiger partial charge in [-0.3, -0.25) is 4.79 Å². The van der Waals surface area contributed by atoms with Crippen molar-refractivity contribution in [3.63, 3.8) is 0 Å². The summed E-state index contributed by atoms with van der Waals surface area (Å²) in [5, 5.41) is 2.11. The first-order chi connectivity index (χ1) is 18.7. The van der Waals surface area contributed by atoms with Gasteiger partial charge in [0.25, 0.3) is 0 Å². The maximum atomic E-state index is 12.0. The molecule has 0 aliphatic heterocycles. The van der Waals surface area contributed by atoms with Crippen LogP contribution in [0.3, 0.4) is 0 Å². The van der Waals surface area contributed by atoms with Gasteiger partial charge in [0, 0.05) is 18.5 Å². The van der Waals surface area contributed by atoms with Crippen LogP contribution in [0.15, 0.2) is 12.2 Å². The van der Waals surface area contributed by atoms with E-state index in [4.69, 9.17) is 9.47 Å². The Labute approximate surface area is 249 Å². The lowest BCUT2D eigenvalue weighted by Gasteiger charge is -2.23. The highest BCUT2D eigenvalue weighted by Crippen LogP contribution is 2.15. The van der Waals surface area contributed by atoms with E-state index in [1.54, 1.807) is 0 Å². The molecule has 0 aromatic carbocycles. The number of alkyl carbamates (subject to hydrolysis) is 1. The summed E-state index contributed by atoms with van der Waals surface area (Å²) in [6.07, 6.45) is 24.1. The standard InChI is InChI=1S/C32H61BrN2O4/c1-6-7-8-9-10-11-12-13-14-15-16-17-18-19-20-23-26-34-32(37)39-31(33)29(2)28-38-30(36)25-22-21-24-27-35(3,4)5/h31H,2,6-28H2,1,3-5H3/p+1. The number of carbonyl (C=O) groups is 2. The molecule has 6 nitrogen and oxygen atoms in total. The Balaban J connectivity index is 3.54. The fourth-order valence-electron chi connectivity index (χ4n) is 4.43. The number of nitrogens with one attached hydrogen (secondary N) is 1. The van der Waals surface area contributed by atoms with E-state index >= 15 is 0 Å². The lowest BCUT2D eigenvalue weighted by atomic mass is 10.0. The average molecular weight is 619 g/mol. The molecule has 0 spiro atoms. The summed E-state index contributed by atoms with van der Waals surface area (Å²) in [4.78, 5) is 23.9. The van der Waals surface area contributed by atoms with Crippen LogP contribution < -0.4 is 5.32 Å². The van der Waals surface area contributed by atoms with Crippen molar-refractivity contribution in [3.05, 3.63) is 12.2 Å². The number of rotatable bonds is 27. The zero-order chi connectivity index (χ0) is 29.2. The van der Waals surface area contributed by atoms with Crippen molar-refractivity contribution < 1.29 is 23.5 Å². The van der Waals surface area contributed by atoms with Gasteiger partial charge in [0.05, 0.1) is 27.7 Å². The zero-order valence-corrected chi connectivity index (χ0v) is 27.6. The predicted molar refractivity (Wildman–Crippen MR) is 168 cm³/mol. The number of halogens is 1. The smallest absolute Gasteiger partial charge is 0.408 e. The topological polar surface area (TPSA) is 64.6 Å². The van der Waals surface area contributed by atoms with Gasteiger partial charge in [0.1, 0.15) is 6.61 Å². The van der Waals surface area contributed by atoms with Crippen LogP contribution in [-0.2, 0) is 14.3 Å². The van der Waals surface area contributed by atoms with Crippen LogP contribution in [0, 0.1) is 0 Å². The van der Waals surface area contributed by atoms with E-state index in [0.717, 1.165) is 43.1 Å². The first-order valence-corrected chi connectivity index (χ1v) is 16.8. The van der Waals surface area contributed by atoms with Gasteiger partial charge < -0.3 is 19.3 Å². The third kappa shape index (κ3) is 28.3. The second kappa shape index (κ2) is 25.9. The molecule has 0 heterocycles. The van der Waals surface area contributed by atoms with Crippen LogP contribution in [0.2, 0.25) is 0 Å². The van der Waals surface area contributed by atoms with Gasteiger partial charge >= 0.3 is 12.1 Å². The number of nitrogens with zero attached hydrogens (tertiary/aromatic N) is 1. The number of quaternary nitrogens is 1. The van der Waals surface area contributed by atoms with E-state index in [1.165, 1.54) is 89.9 Å². The summed E-state index contributed by atoms with van der Waals surface area (Å²) in [7, 11) is 6.50. The molecule has 0 radical (unpaired) electrons. The molecule has 0 bridgehead atoms. The molecular weight excluding hydrogens is 556 g/mol. The number of hydrogen-bond donors (Lipinski definition) is 1. The van der Waals surface area contributed by atoms with Crippen LogP contribution in [0.5, 0.6) is 0 Å². The molecule has 39 heavy (non-hydrogen) atoms. The maximum absolute atomic E-state index is 12.0. The van der Waals surface area contributed by atoms with Crippen LogP contribution in [0.1, 0.15) is 135 Å². The van der Waals surface area contributed by atoms with Gasteiger partial charge in [0.2, 0.25) is 0 Å². The quantitative estimate of drug-likeness (QED) is 0.0328. The number of ether oxygens (including phenoxy) is 2. The van der Waals surface area contributed by atoms with E-state index in [-0.39, 0.29) is 12.6 Å². The van der Waals surface area contributed by atoms with E-state index in [1.807, 2.05) is 0 Å². The minimum Gasteiger partial charge on any atom is -0.461 e. The van der Waals surface area contributed by atoms with E-state index in [9.17, 15) is 9.59 Å².